The number of phenols is 2. The van der Waals surface area contributed by atoms with Crippen molar-refractivity contribution in [3.05, 3.63) is 23.3 Å². The van der Waals surface area contributed by atoms with Gasteiger partial charge >= 0.3 is 5.97 Å². The lowest BCUT2D eigenvalue weighted by molar-refractivity contribution is -0.119. The van der Waals surface area contributed by atoms with Crippen molar-refractivity contribution in [3.8, 4) is 11.5 Å². The molecule has 4 N–H and O–H groups in total. The van der Waals surface area contributed by atoms with Crippen molar-refractivity contribution >= 4 is 11.8 Å². The number of ketones is 1. The van der Waals surface area contributed by atoms with Crippen LogP contribution in [0.5, 0.6) is 11.5 Å². The number of fused-ring (bicyclic) bond motifs is 1. The maximum atomic E-state index is 12.4. The van der Waals surface area contributed by atoms with E-state index in [-0.39, 0.29) is 34.4 Å². The second kappa shape index (κ2) is 9.27. The number of ether oxygens (including phenoxy) is 1. The van der Waals surface area contributed by atoms with E-state index >= 15 is 0 Å². The normalized spacial score (nSPS) is 20.3. The minimum atomic E-state index is -0.576. The molecule has 0 spiro atoms. The minimum Gasteiger partial charge on any atom is -0.508 e. The molecule has 134 valence electrons. The molecule has 0 saturated carbocycles. The quantitative estimate of drug-likeness (QED) is 0.706. The van der Waals surface area contributed by atoms with Crippen LogP contribution in [0.25, 0.3) is 0 Å². The molecule has 1 atom stereocenters. The zero-order chi connectivity index (χ0) is 16.8. The number of benzene rings is 1. The number of aromatic hydroxyl groups is 2. The highest BCUT2D eigenvalue weighted by Crippen LogP contribution is 2.30. The highest BCUT2D eigenvalue weighted by atomic mass is 16.5. The monoisotopic (exact) mass is 338 g/mol. The van der Waals surface area contributed by atoms with Gasteiger partial charge < -0.3 is 20.4 Å². The number of rotatable bonds is 0. The molecule has 0 unspecified atom stereocenters. The van der Waals surface area contributed by atoms with Crippen molar-refractivity contribution < 1.29 is 30.0 Å². The molecule has 0 aromatic heterocycles. The van der Waals surface area contributed by atoms with E-state index in [0.717, 1.165) is 25.3 Å². The van der Waals surface area contributed by atoms with Crippen LogP contribution in [-0.4, -0.2) is 33.5 Å². The maximum Gasteiger partial charge on any atom is 0.342 e. The van der Waals surface area contributed by atoms with Gasteiger partial charge in [-0.3, -0.25) is 4.79 Å². The Balaban J connectivity index is 0.00000288. The van der Waals surface area contributed by atoms with Crippen molar-refractivity contribution in [2.24, 2.45) is 0 Å². The molecular formula is C18H26O6. The third-order valence-corrected chi connectivity index (χ3v) is 4.16. The SMILES string of the molecule is C[C@H]1CCCC(=O)CCCCCc2cc(O)cc(O)c2C(=O)O1.O. The van der Waals surface area contributed by atoms with E-state index in [9.17, 15) is 19.8 Å². The Labute approximate surface area is 141 Å². The smallest absolute Gasteiger partial charge is 0.342 e. The van der Waals surface area contributed by atoms with Gasteiger partial charge in [-0.2, -0.15) is 0 Å². The molecule has 24 heavy (non-hydrogen) atoms. The molecule has 2 rings (SSSR count). The van der Waals surface area contributed by atoms with E-state index in [1.165, 1.54) is 6.07 Å². The first-order valence-corrected chi connectivity index (χ1v) is 8.25. The predicted octanol–water partition coefficient (Wildman–Crippen LogP) is 2.67. The van der Waals surface area contributed by atoms with Gasteiger partial charge in [0, 0.05) is 18.9 Å². The van der Waals surface area contributed by atoms with Crippen molar-refractivity contribution in [1.82, 2.24) is 0 Å². The first-order valence-electron chi connectivity index (χ1n) is 8.25. The van der Waals surface area contributed by atoms with E-state index in [4.69, 9.17) is 4.74 Å². The van der Waals surface area contributed by atoms with Crippen LogP contribution in [0.3, 0.4) is 0 Å². The summed E-state index contributed by atoms with van der Waals surface area (Å²) < 4.78 is 5.39. The van der Waals surface area contributed by atoms with Crippen molar-refractivity contribution in [1.29, 1.82) is 0 Å². The van der Waals surface area contributed by atoms with Crippen molar-refractivity contribution in [3.63, 3.8) is 0 Å². The van der Waals surface area contributed by atoms with Gasteiger partial charge in [0.15, 0.2) is 0 Å². The van der Waals surface area contributed by atoms with Crippen LogP contribution >= 0.6 is 0 Å². The topological polar surface area (TPSA) is 115 Å². The second-order valence-electron chi connectivity index (χ2n) is 6.21. The van der Waals surface area contributed by atoms with E-state index in [0.29, 0.717) is 37.7 Å². The standard InChI is InChI=1S/C18H24O5.H2O/c1-12-6-5-9-14(19)8-4-2-3-7-13-10-15(20)11-16(21)17(13)18(22)23-12;/h10-12,20-21H,2-9H2,1H3;1H2/t12-;/m0./s1. The van der Waals surface area contributed by atoms with Gasteiger partial charge in [-0.15, -0.1) is 0 Å². The fraction of sp³-hybridized carbons (Fsp3) is 0.556. The number of phenolic OH excluding ortho intramolecular Hbond substituents is 2. The summed E-state index contributed by atoms with van der Waals surface area (Å²) in [7, 11) is 0. The highest BCUT2D eigenvalue weighted by molar-refractivity contribution is 5.94. The van der Waals surface area contributed by atoms with Gasteiger partial charge in [0.1, 0.15) is 22.8 Å². The van der Waals surface area contributed by atoms with E-state index in [2.05, 4.69) is 0 Å². The largest absolute Gasteiger partial charge is 0.508 e. The lowest BCUT2D eigenvalue weighted by Gasteiger charge is -2.17. The summed E-state index contributed by atoms with van der Waals surface area (Å²) in [6.45, 7) is 1.78. The number of carbonyl (C=O) groups is 2. The fourth-order valence-electron chi connectivity index (χ4n) is 2.93. The minimum absolute atomic E-state index is 0. The third-order valence-electron chi connectivity index (χ3n) is 4.16. The Kier molecular flexibility index (Phi) is 7.71. The molecule has 1 aliphatic heterocycles. The summed E-state index contributed by atoms with van der Waals surface area (Å²) in [5.41, 5.74) is 0.728. The Morgan fingerprint density at radius 3 is 2.42 bits per heavy atom. The Morgan fingerprint density at radius 1 is 1.00 bits per heavy atom. The maximum absolute atomic E-state index is 12.4. The van der Waals surface area contributed by atoms with Gasteiger partial charge in [-0.1, -0.05) is 6.42 Å². The van der Waals surface area contributed by atoms with Crippen LogP contribution in [0.4, 0.5) is 0 Å². The molecular weight excluding hydrogens is 312 g/mol. The first-order chi connectivity index (χ1) is 11.0. The highest BCUT2D eigenvalue weighted by Gasteiger charge is 2.21. The molecule has 1 aromatic rings. The Bertz CT molecular complexity index is 581. The molecule has 1 aliphatic rings. The van der Waals surface area contributed by atoms with Crippen LogP contribution < -0.4 is 0 Å². The third kappa shape index (κ3) is 5.53. The Morgan fingerprint density at radius 2 is 1.67 bits per heavy atom. The molecule has 0 saturated heterocycles. The molecule has 6 heteroatoms. The molecule has 1 heterocycles. The number of cyclic esters (lactones) is 1. The average Bonchev–Trinajstić information content (AvgIpc) is 2.45. The summed E-state index contributed by atoms with van der Waals surface area (Å²) in [5.74, 6) is -0.637. The van der Waals surface area contributed by atoms with Gasteiger partial charge in [0.05, 0.1) is 6.10 Å². The molecule has 0 aliphatic carbocycles. The van der Waals surface area contributed by atoms with Crippen LogP contribution in [-0.2, 0) is 16.0 Å². The molecule has 1 aromatic carbocycles. The second-order valence-corrected chi connectivity index (χ2v) is 6.21. The van der Waals surface area contributed by atoms with Crippen molar-refractivity contribution in [2.75, 3.05) is 0 Å². The van der Waals surface area contributed by atoms with E-state index < -0.39 is 5.97 Å². The number of carbonyl (C=O) groups excluding carboxylic acids is 2. The average molecular weight is 338 g/mol. The molecule has 0 fully saturated rings. The molecule has 0 radical (unpaired) electrons. The number of hydrogen-bond donors (Lipinski definition) is 2. The van der Waals surface area contributed by atoms with Crippen LogP contribution in [0.2, 0.25) is 0 Å². The number of aryl methyl sites for hydroxylation is 1. The van der Waals surface area contributed by atoms with Gasteiger partial charge in [-0.25, -0.2) is 4.79 Å². The number of esters is 1. The molecule has 6 nitrogen and oxygen atoms in total. The summed E-state index contributed by atoms with van der Waals surface area (Å²) >= 11 is 0. The lowest BCUT2D eigenvalue weighted by Crippen LogP contribution is -2.17. The summed E-state index contributed by atoms with van der Waals surface area (Å²) in [4.78, 5) is 24.1. The summed E-state index contributed by atoms with van der Waals surface area (Å²) in [5, 5.41) is 19.7. The first kappa shape index (κ1) is 20.0. The van der Waals surface area contributed by atoms with Crippen LogP contribution in [0, 0.1) is 0 Å². The van der Waals surface area contributed by atoms with Crippen LogP contribution in [0.1, 0.15) is 67.8 Å². The summed E-state index contributed by atoms with van der Waals surface area (Å²) in [6, 6.07) is 2.66. The number of hydrogen-bond acceptors (Lipinski definition) is 5. The summed E-state index contributed by atoms with van der Waals surface area (Å²) in [6.07, 6.45) is 5.14. The molecule has 0 amide bonds. The van der Waals surface area contributed by atoms with Crippen molar-refractivity contribution in [2.45, 2.75) is 64.4 Å². The predicted molar refractivity (Wildman–Crippen MR) is 89.3 cm³/mol. The van der Waals surface area contributed by atoms with Gasteiger partial charge in [0.25, 0.3) is 0 Å². The van der Waals surface area contributed by atoms with E-state index in [1.54, 1.807) is 6.92 Å². The fourth-order valence-corrected chi connectivity index (χ4v) is 2.93. The lowest BCUT2D eigenvalue weighted by atomic mass is 9.98. The van der Waals surface area contributed by atoms with Gasteiger partial charge in [0.2, 0.25) is 0 Å². The Hall–Kier alpha value is -2.08. The van der Waals surface area contributed by atoms with E-state index in [1.807, 2.05) is 0 Å². The van der Waals surface area contributed by atoms with Gasteiger partial charge in [-0.05, 0) is 50.7 Å². The van der Waals surface area contributed by atoms with Crippen LogP contribution in [0.15, 0.2) is 12.1 Å². The zero-order valence-corrected chi connectivity index (χ0v) is 14.0. The zero-order valence-electron chi connectivity index (χ0n) is 14.0. The molecule has 0 bridgehead atoms. The number of Topliss-reactive ketones (excluding diaryl/α,β-unsaturated/α-hetero) is 1.